The quantitative estimate of drug-likeness (QED) is 0.287. The van der Waals surface area contributed by atoms with Crippen LogP contribution < -0.4 is 10.4 Å². The highest BCUT2D eigenvalue weighted by Crippen LogP contribution is 2.48. The minimum Gasteiger partial charge on any atom is -0.405 e. The van der Waals surface area contributed by atoms with Crippen LogP contribution in [0, 0.1) is 25.7 Å². The standard InChI is InChI=1S/C33H38N4O3Si/c1-22-16-17-29(31-35-23(2)36-40-31)30(34-22)32(38)37-20-25-18-24(25)19-26(37)21-39-41(33(3,4)5,27-12-8-6-9-13-27)28-14-10-7-11-15-28/h6-17,24-26H,18-21H2,1-5H3/t24-,25+,26+/m1/s1. The van der Waals surface area contributed by atoms with Crippen LogP contribution in [-0.4, -0.2) is 53.4 Å². The van der Waals surface area contributed by atoms with Gasteiger partial charge in [0.2, 0.25) is 0 Å². The van der Waals surface area contributed by atoms with E-state index in [1.165, 1.54) is 10.4 Å². The Morgan fingerprint density at radius 3 is 2.17 bits per heavy atom. The van der Waals surface area contributed by atoms with Crippen molar-refractivity contribution in [2.24, 2.45) is 11.8 Å². The Balaban J connectivity index is 1.36. The van der Waals surface area contributed by atoms with E-state index >= 15 is 0 Å². The molecule has 0 N–H and O–H groups in total. The molecule has 4 aromatic rings. The molecular weight excluding hydrogens is 528 g/mol. The van der Waals surface area contributed by atoms with Crippen LogP contribution >= 0.6 is 0 Å². The van der Waals surface area contributed by atoms with Gasteiger partial charge in [0.05, 0.1) is 18.2 Å². The van der Waals surface area contributed by atoms with Crippen LogP contribution in [-0.2, 0) is 4.43 Å². The van der Waals surface area contributed by atoms with Crippen molar-refractivity contribution < 1.29 is 13.7 Å². The second-order valence-electron chi connectivity index (χ2n) is 12.6. The van der Waals surface area contributed by atoms with E-state index in [9.17, 15) is 4.79 Å². The number of piperidine rings is 1. The number of aryl methyl sites for hydroxylation is 2. The summed E-state index contributed by atoms with van der Waals surface area (Å²) in [6, 6.07) is 25.0. The fraction of sp³-hybridized carbons (Fsp3) is 0.394. The van der Waals surface area contributed by atoms with Crippen LogP contribution in [0.1, 0.15) is 55.6 Å². The van der Waals surface area contributed by atoms with Gasteiger partial charge in [-0.3, -0.25) is 4.79 Å². The predicted octanol–water partition coefficient (Wildman–Crippen LogP) is 5.18. The summed E-state index contributed by atoms with van der Waals surface area (Å²) < 4.78 is 12.8. The van der Waals surface area contributed by atoms with Gasteiger partial charge in [-0.25, -0.2) is 4.98 Å². The van der Waals surface area contributed by atoms with Crippen molar-refractivity contribution in [3.05, 3.63) is 90.0 Å². The van der Waals surface area contributed by atoms with Crippen molar-refractivity contribution in [1.29, 1.82) is 0 Å². The number of aromatic nitrogens is 3. The summed E-state index contributed by atoms with van der Waals surface area (Å²) in [6.45, 7) is 11.7. The SMILES string of the molecule is Cc1ccc(-c2nc(C)no2)c(C(=O)N2C[C@@H]3C[C@@H]3C[C@H]2CO[Si](c2ccccc2)(c2ccccc2)C(C)(C)C)n1. The smallest absolute Gasteiger partial charge is 0.273 e. The molecular formula is C33H38N4O3Si. The van der Waals surface area contributed by atoms with Gasteiger partial charge in [0.15, 0.2) is 5.82 Å². The monoisotopic (exact) mass is 566 g/mol. The van der Waals surface area contributed by atoms with E-state index in [0.29, 0.717) is 41.4 Å². The molecule has 212 valence electrons. The number of likely N-dealkylation sites (tertiary alicyclic amines) is 1. The summed E-state index contributed by atoms with van der Waals surface area (Å²) in [6.07, 6.45) is 2.10. The molecule has 3 atom stereocenters. The van der Waals surface area contributed by atoms with Crippen LogP contribution in [0.15, 0.2) is 77.3 Å². The number of rotatable bonds is 7. The summed E-state index contributed by atoms with van der Waals surface area (Å²) in [7, 11) is -2.74. The fourth-order valence-corrected chi connectivity index (χ4v) is 11.1. The number of carbonyl (C=O) groups excluding carboxylic acids is 1. The summed E-state index contributed by atoms with van der Waals surface area (Å²) in [5.74, 6) is 1.94. The first-order valence-corrected chi connectivity index (χ1v) is 16.4. The minimum atomic E-state index is -2.74. The first-order valence-electron chi connectivity index (χ1n) is 14.5. The van der Waals surface area contributed by atoms with Crippen molar-refractivity contribution in [2.75, 3.05) is 13.2 Å². The van der Waals surface area contributed by atoms with Gasteiger partial charge in [-0.2, -0.15) is 4.98 Å². The molecule has 41 heavy (non-hydrogen) atoms. The lowest BCUT2D eigenvalue weighted by molar-refractivity contribution is 0.0498. The maximum Gasteiger partial charge on any atom is 0.273 e. The highest BCUT2D eigenvalue weighted by Gasteiger charge is 2.52. The molecule has 2 aromatic heterocycles. The van der Waals surface area contributed by atoms with Gasteiger partial charge in [0.25, 0.3) is 20.1 Å². The average Bonchev–Trinajstić information content (AvgIpc) is 3.60. The summed E-state index contributed by atoms with van der Waals surface area (Å²) in [5, 5.41) is 6.29. The van der Waals surface area contributed by atoms with E-state index < -0.39 is 8.32 Å². The van der Waals surface area contributed by atoms with Crippen molar-refractivity contribution in [3.63, 3.8) is 0 Å². The zero-order valence-electron chi connectivity index (χ0n) is 24.5. The molecule has 1 aliphatic carbocycles. The molecule has 0 bridgehead atoms. The van der Waals surface area contributed by atoms with E-state index in [0.717, 1.165) is 25.1 Å². The van der Waals surface area contributed by atoms with Gasteiger partial charge >= 0.3 is 0 Å². The fourth-order valence-electron chi connectivity index (χ4n) is 6.53. The van der Waals surface area contributed by atoms with Gasteiger partial charge in [-0.05, 0) is 66.1 Å². The predicted molar refractivity (Wildman–Crippen MR) is 162 cm³/mol. The zero-order chi connectivity index (χ0) is 28.8. The van der Waals surface area contributed by atoms with E-state index in [2.05, 4.69) is 91.6 Å². The lowest BCUT2D eigenvalue weighted by Crippen LogP contribution is -2.67. The largest absolute Gasteiger partial charge is 0.405 e. The number of carbonyl (C=O) groups is 1. The molecule has 2 aliphatic rings. The van der Waals surface area contributed by atoms with E-state index in [-0.39, 0.29) is 17.0 Å². The Hall–Kier alpha value is -3.62. The molecule has 1 saturated carbocycles. The van der Waals surface area contributed by atoms with Gasteiger partial charge in [-0.1, -0.05) is 86.6 Å². The van der Waals surface area contributed by atoms with E-state index in [4.69, 9.17) is 13.9 Å². The molecule has 6 rings (SSSR count). The van der Waals surface area contributed by atoms with E-state index in [1.54, 1.807) is 6.92 Å². The van der Waals surface area contributed by atoms with Gasteiger partial charge < -0.3 is 13.8 Å². The average molecular weight is 567 g/mol. The Bertz CT molecular complexity index is 1490. The Morgan fingerprint density at radius 1 is 0.927 bits per heavy atom. The lowest BCUT2D eigenvalue weighted by atomic mass is 10.0. The van der Waals surface area contributed by atoms with E-state index in [1.807, 2.05) is 24.0 Å². The van der Waals surface area contributed by atoms with Crippen LogP contribution in [0.4, 0.5) is 0 Å². The van der Waals surface area contributed by atoms with Crippen LogP contribution in [0.25, 0.3) is 11.5 Å². The molecule has 8 heteroatoms. The zero-order valence-corrected chi connectivity index (χ0v) is 25.5. The summed E-state index contributed by atoms with van der Waals surface area (Å²) >= 11 is 0. The Labute approximate surface area is 243 Å². The highest BCUT2D eigenvalue weighted by molar-refractivity contribution is 6.99. The molecule has 1 aliphatic heterocycles. The summed E-state index contributed by atoms with van der Waals surface area (Å²) in [5.41, 5.74) is 1.71. The maximum absolute atomic E-state index is 14.3. The third-order valence-corrected chi connectivity index (χ3v) is 13.7. The first kappa shape index (κ1) is 27.5. The number of fused-ring (bicyclic) bond motifs is 1. The normalized spacial score (nSPS) is 20.5. The maximum atomic E-state index is 14.3. The van der Waals surface area contributed by atoms with Crippen molar-refractivity contribution >= 4 is 24.6 Å². The molecule has 2 aromatic carbocycles. The van der Waals surface area contributed by atoms with Crippen molar-refractivity contribution in [2.45, 2.75) is 58.5 Å². The summed E-state index contributed by atoms with van der Waals surface area (Å²) in [4.78, 5) is 25.4. The van der Waals surface area contributed by atoms with Crippen LogP contribution in [0.5, 0.6) is 0 Å². The molecule has 1 saturated heterocycles. The number of hydrogen-bond donors (Lipinski definition) is 0. The van der Waals surface area contributed by atoms with Crippen molar-refractivity contribution in [1.82, 2.24) is 20.0 Å². The molecule has 0 unspecified atom stereocenters. The third kappa shape index (κ3) is 5.15. The van der Waals surface area contributed by atoms with Gasteiger partial charge in [-0.15, -0.1) is 0 Å². The number of nitrogens with zero attached hydrogens (tertiary/aromatic N) is 4. The molecule has 1 amide bonds. The molecule has 0 radical (unpaired) electrons. The molecule has 3 heterocycles. The van der Waals surface area contributed by atoms with Crippen LogP contribution in [0.2, 0.25) is 5.04 Å². The van der Waals surface area contributed by atoms with Crippen molar-refractivity contribution in [3.8, 4) is 11.5 Å². The Kier molecular flexibility index (Phi) is 7.16. The van der Waals surface area contributed by atoms with Gasteiger partial charge in [0.1, 0.15) is 5.69 Å². The lowest BCUT2D eigenvalue weighted by Gasteiger charge is -2.45. The number of amides is 1. The first-order chi connectivity index (χ1) is 19.7. The third-order valence-electron chi connectivity index (χ3n) is 8.68. The molecule has 2 fully saturated rings. The second kappa shape index (κ2) is 10.7. The number of hydrogen-bond acceptors (Lipinski definition) is 6. The minimum absolute atomic E-state index is 0.0486. The Morgan fingerprint density at radius 2 is 1.59 bits per heavy atom. The van der Waals surface area contributed by atoms with Crippen LogP contribution in [0.3, 0.4) is 0 Å². The van der Waals surface area contributed by atoms with Gasteiger partial charge in [0, 0.05) is 12.2 Å². The highest BCUT2D eigenvalue weighted by atomic mass is 28.4. The molecule has 7 nitrogen and oxygen atoms in total. The number of benzene rings is 2. The topological polar surface area (TPSA) is 81.4 Å². The molecule has 0 spiro atoms. The second-order valence-corrected chi connectivity index (χ2v) is 16.9. The number of pyridine rings is 1.